The van der Waals surface area contributed by atoms with Crippen LogP contribution in [0, 0.1) is 5.82 Å². The topological polar surface area (TPSA) is 88.1 Å². The van der Waals surface area contributed by atoms with Crippen molar-refractivity contribution >= 4 is 44.7 Å². The van der Waals surface area contributed by atoms with Crippen LogP contribution in [0.2, 0.25) is 0 Å². The van der Waals surface area contributed by atoms with E-state index in [4.69, 9.17) is 23.7 Å². The Kier molecular flexibility index (Phi) is 8.09. The lowest BCUT2D eigenvalue weighted by Gasteiger charge is -2.13. The van der Waals surface area contributed by atoms with Crippen LogP contribution in [-0.2, 0) is 4.79 Å². The summed E-state index contributed by atoms with van der Waals surface area (Å²) < 4.78 is 41.3. The van der Waals surface area contributed by atoms with Gasteiger partial charge in [-0.05, 0) is 53.6 Å². The summed E-state index contributed by atoms with van der Waals surface area (Å²) in [5.41, 5.74) is 2.26. The van der Waals surface area contributed by atoms with Gasteiger partial charge in [0.1, 0.15) is 5.82 Å². The quantitative estimate of drug-likeness (QED) is 0.268. The Labute approximate surface area is 217 Å². The van der Waals surface area contributed by atoms with Crippen molar-refractivity contribution in [3.05, 3.63) is 65.5 Å². The van der Waals surface area contributed by atoms with Crippen LogP contribution >= 0.6 is 11.3 Å². The molecule has 0 aliphatic carbocycles. The predicted molar refractivity (Wildman–Crippen MR) is 142 cm³/mol. The van der Waals surface area contributed by atoms with E-state index in [1.165, 1.54) is 30.6 Å². The minimum absolute atomic E-state index is 0.263. The minimum atomic E-state index is -0.403. The van der Waals surface area contributed by atoms with Crippen LogP contribution in [0.4, 0.5) is 9.52 Å². The van der Waals surface area contributed by atoms with Crippen LogP contribution in [0.15, 0.2) is 48.5 Å². The molecule has 0 aliphatic rings. The van der Waals surface area contributed by atoms with Crippen molar-refractivity contribution in [2.45, 2.75) is 0 Å². The summed E-state index contributed by atoms with van der Waals surface area (Å²) in [6, 6.07) is 13.3. The number of benzene rings is 3. The van der Waals surface area contributed by atoms with Gasteiger partial charge in [0.05, 0.1) is 38.7 Å². The molecular formula is C27H25FN2O6S. The second-order valence-corrected chi connectivity index (χ2v) is 8.70. The zero-order valence-electron chi connectivity index (χ0n) is 20.7. The van der Waals surface area contributed by atoms with E-state index in [1.807, 2.05) is 30.4 Å². The maximum Gasteiger partial charge on any atom is 0.264 e. The summed E-state index contributed by atoms with van der Waals surface area (Å²) in [4.78, 5) is 16.8. The molecule has 0 fully saturated rings. The molecule has 1 amide bonds. The number of fused-ring (bicyclic) bond motifs is 1. The zero-order valence-corrected chi connectivity index (χ0v) is 21.5. The number of methoxy groups -OCH3 is 4. The average Bonchev–Trinajstić information content (AvgIpc) is 3.31. The Hall–Kier alpha value is -4.31. The number of ether oxygens (including phenoxy) is 5. The van der Waals surface area contributed by atoms with Crippen molar-refractivity contribution in [3.63, 3.8) is 0 Å². The SMILES string of the molecule is COc1ccc(C=Cc2cc(OC)c(OC)c(OC)c2)cc1OCC(=O)Nc1nc2ccc(F)cc2s1. The molecule has 3 aromatic carbocycles. The van der Waals surface area contributed by atoms with E-state index in [1.54, 1.807) is 39.5 Å². The maximum absolute atomic E-state index is 13.4. The minimum Gasteiger partial charge on any atom is -0.493 e. The number of nitrogens with zero attached hydrogens (tertiary/aromatic N) is 1. The van der Waals surface area contributed by atoms with Crippen molar-refractivity contribution in [3.8, 4) is 28.7 Å². The van der Waals surface area contributed by atoms with E-state index < -0.39 is 5.91 Å². The number of thiazole rings is 1. The summed E-state index contributed by atoms with van der Waals surface area (Å²) >= 11 is 1.19. The number of rotatable bonds is 10. The largest absolute Gasteiger partial charge is 0.493 e. The van der Waals surface area contributed by atoms with Crippen LogP contribution in [0.5, 0.6) is 28.7 Å². The summed E-state index contributed by atoms with van der Waals surface area (Å²) in [5, 5.41) is 3.05. The summed E-state index contributed by atoms with van der Waals surface area (Å²) in [6.45, 7) is -0.263. The Balaban J connectivity index is 1.46. The molecule has 0 atom stereocenters. The third-order valence-corrected chi connectivity index (χ3v) is 6.23. The van der Waals surface area contributed by atoms with E-state index in [0.717, 1.165) is 11.1 Å². The number of hydrogen-bond acceptors (Lipinski definition) is 8. The number of halogens is 1. The van der Waals surface area contributed by atoms with Gasteiger partial charge in [-0.15, -0.1) is 0 Å². The number of amides is 1. The fraction of sp³-hybridized carbons (Fsp3) is 0.185. The van der Waals surface area contributed by atoms with E-state index in [0.29, 0.717) is 44.1 Å². The molecular weight excluding hydrogens is 499 g/mol. The molecule has 0 unspecified atom stereocenters. The number of hydrogen-bond donors (Lipinski definition) is 1. The number of carbonyl (C=O) groups excluding carboxylic acids is 1. The summed E-state index contributed by atoms with van der Waals surface area (Å²) in [5.74, 6) is 1.72. The first-order valence-corrected chi connectivity index (χ1v) is 11.9. The first-order chi connectivity index (χ1) is 17.9. The van der Waals surface area contributed by atoms with Crippen molar-refractivity contribution in [2.24, 2.45) is 0 Å². The molecule has 4 aromatic rings. The van der Waals surface area contributed by atoms with Gasteiger partial charge in [-0.25, -0.2) is 9.37 Å². The van der Waals surface area contributed by atoms with Crippen LogP contribution in [-0.4, -0.2) is 45.9 Å². The molecule has 1 N–H and O–H groups in total. The molecule has 0 spiro atoms. The lowest BCUT2D eigenvalue weighted by atomic mass is 10.1. The lowest BCUT2D eigenvalue weighted by Crippen LogP contribution is -2.20. The fourth-order valence-corrected chi connectivity index (χ4v) is 4.46. The van der Waals surface area contributed by atoms with Crippen molar-refractivity contribution < 1.29 is 32.9 Å². The number of carbonyl (C=O) groups is 1. The second kappa shape index (κ2) is 11.6. The highest BCUT2D eigenvalue weighted by Crippen LogP contribution is 2.39. The van der Waals surface area contributed by atoms with E-state index >= 15 is 0 Å². The molecule has 0 saturated carbocycles. The molecule has 4 rings (SSSR count). The zero-order chi connectivity index (χ0) is 26.4. The maximum atomic E-state index is 13.4. The Morgan fingerprint density at radius 2 is 1.54 bits per heavy atom. The second-order valence-electron chi connectivity index (χ2n) is 7.67. The van der Waals surface area contributed by atoms with Gasteiger partial charge < -0.3 is 23.7 Å². The Bertz CT molecular complexity index is 1430. The van der Waals surface area contributed by atoms with Crippen molar-refractivity contribution in [2.75, 3.05) is 40.4 Å². The first kappa shape index (κ1) is 25.8. The van der Waals surface area contributed by atoms with Crippen LogP contribution < -0.4 is 29.0 Å². The highest BCUT2D eigenvalue weighted by atomic mass is 32.1. The van der Waals surface area contributed by atoms with Gasteiger partial charge in [-0.3, -0.25) is 10.1 Å². The number of anilines is 1. The van der Waals surface area contributed by atoms with E-state index in [9.17, 15) is 9.18 Å². The third kappa shape index (κ3) is 6.10. The smallest absolute Gasteiger partial charge is 0.264 e. The first-order valence-electron chi connectivity index (χ1n) is 11.1. The molecule has 1 heterocycles. The van der Waals surface area contributed by atoms with Gasteiger partial charge in [0, 0.05) is 0 Å². The molecule has 8 nitrogen and oxygen atoms in total. The van der Waals surface area contributed by atoms with Gasteiger partial charge >= 0.3 is 0 Å². The Morgan fingerprint density at radius 3 is 2.22 bits per heavy atom. The fourth-order valence-electron chi connectivity index (χ4n) is 3.55. The number of aromatic nitrogens is 1. The molecule has 0 aliphatic heterocycles. The van der Waals surface area contributed by atoms with Crippen LogP contribution in [0.3, 0.4) is 0 Å². The highest BCUT2D eigenvalue weighted by molar-refractivity contribution is 7.22. The standard InChI is InChI=1S/C27H25FN2O6S/c1-32-20-10-7-16(5-6-17-12-22(33-2)26(35-4)23(13-17)34-3)11-21(20)36-15-25(31)30-27-29-19-9-8-18(28)14-24(19)37-27/h5-14H,15H2,1-4H3,(H,29,30,31). The van der Waals surface area contributed by atoms with Gasteiger partial charge in [0.25, 0.3) is 5.91 Å². The average molecular weight is 525 g/mol. The number of nitrogens with one attached hydrogen (secondary N) is 1. The highest BCUT2D eigenvalue weighted by Gasteiger charge is 2.13. The molecule has 1 aromatic heterocycles. The summed E-state index contributed by atoms with van der Waals surface area (Å²) in [7, 11) is 6.19. The van der Waals surface area contributed by atoms with Crippen LogP contribution in [0.25, 0.3) is 22.4 Å². The monoisotopic (exact) mass is 524 g/mol. The molecule has 37 heavy (non-hydrogen) atoms. The molecule has 10 heteroatoms. The lowest BCUT2D eigenvalue weighted by molar-refractivity contribution is -0.118. The molecule has 0 bridgehead atoms. The van der Waals surface area contributed by atoms with Gasteiger partial charge in [0.15, 0.2) is 34.7 Å². The Morgan fingerprint density at radius 1 is 0.865 bits per heavy atom. The third-order valence-electron chi connectivity index (χ3n) is 5.30. The van der Waals surface area contributed by atoms with E-state index in [-0.39, 0.29) is 12.4 Å². The van der Waals surface area contributed by atoms with Gasteiger partial charge in [-0.1, -0.05) is 29.6 Å². The van der Waals surface area contributed by atoms with Crippen molar-refractivity contribution in [1.82, 2.24) is 4.98 Å². The van der Waals surface area contributed by atoms with Crippen LogP contribution in [0.1, 0.15) is 11.1 Å². The van der Waals surface area contributed by atoms with Gasteiger partial charge in [0.2, 0.25) is 5.75 Å². The molecule has 0 saturated heterocycles. The molecule has 192 valence electrons. The van der Waals surface area contributed by atoms with Crippen molar-refractivity contribution in [1.29, 1.82) is 0 Å². The van der Waals surface area contributed by atoms with E-state index in [2.05, 4.69) is 10.3 Å². The normalized spacial score (nSPS) is 10.9. The molecule has 0 radical (unpaired) electrons. The van der Waals surface area contributed by atoms with Gasteiger partial charge in [-0.2, -0.15) is 0 Å². The predicted octanol–water partition coefficient (Wildman–Crippen LogP) is 5.66. The summed E-state index contributed by atoms with van der Waals surface area (Å²) in [6.07, 6.45) is 3.77.